The molecule has 4 heteroatoms. The average Bonchev–Trinajstić information content (AvgIpc) is 2.46. The van der Waals surface area contributed by atoms with Gasteiger partial charge in [0.25, 0.3) is 0 Å². The van der Waals surface area contributed by atoms with E-state index < -0.39 is 0 Å². The summed E-state index contributed by atoms with van der Waals surface area (Å²) in [5.41, 5.74) is 1.96. The number of halogens is 1. The van der Waals surface area contributed by atoms with Crippen molar-refractivity contribution >= 4 is 5.69 Å². The molecule has 106 valence electrons. The Labute approximate surface area is 118 Å². The summed E-state index contributed by atoms with van der Waals surface area (Å²) < 4.78 is 23.5. The highest BCUT2D eigenvalue weighted by Crippen LogP contribution is 2.14. The zero-order valence-electron chi connectivity index (χ0n) is 11.4. The minimum absolute atomic E-state index is 0.234. The molecule has 0 amide bonds. The summed E-state index contributed by atoms with van der Waals surface area (Å²) >= 11 is 0. The van der Waals surface area contributed by atoms with E-state index in [2.05, 4.69) is 5.32 Å². The van der Waals surface area contributed by atoms with E-state index in [1.165, 1.54) is 12.1 Å². The summed E-state index contributed by atoms with van der Waals surface area (Å²) in [5.74, 6) is 0.585. The van der Waals surface area contributed by atoms with Gasteiger partial charge in [0.05, 0.1) is 6.61 Å². The zero-order valence-corrected chi connectivity index (χ0v) is 11.4. The van der Waals surface area contributed by atoms with Crippen molar-refractivity contribution in [3.63, 3.8) is 0 Å². The van der Waals surface area contributed by atoms with E-state index in [1.54, 1.807) is 19.2 Å². The van der Waals surface area contributed by atoms with Crippen LogP contribution in [0.5, 0.6) is 5.75 Å². The van der Waals surface area contributed by atoms with E-state index in [0.29, 0.717) is 19.8 Å². The molecule has 0 aliphatic heterocycles. The summed E-state index contributed by atoms with van der Waals surface area (Å²) in [7, 11) is 1.67. The summed E-state index contributed by atoms with van der Waals surface area (Å²) in [6.45, 7) is 1.76. The second kappa shape index (κ2) is 7.50. The van der Waals surface area contributed by atoms with Crippen LogP contribution >= 0.6 is 0 Å². The minimum Gasteiger partial charge on any atom is -0.492 e. The number of nitrogens with one attached hydrogen (secondary N) is 1. The standard InChI is InChI=1S/C16H18FNO2/c1-19-12-13-3-2-4-16(11-13)20-10-9-18-15-7-5-14(17)6-8-15/h2-8,11,18H,9-10,12H2,1H3. The second-order valence-corrected chi connectivity index (χ2v) is 4.36. The molecule has 0 aliphatic carbocycles. The van der Waals surface area contributed by atoms with Gasteiger partial charge in [-0.15, -0.1) is 0 Å². The highest BCUT2D eigenvalue weighted by Gasteiger charge is 1.97. The fraction of sp³-hybridized carbons (Fsp3) is 0.250. The third-order valence-corrected chi connectivity index (χ3v) is 2.75. The average molecular weight is 275 g/mol. The Morgan fingerprint density at radius 3 is 2.65 bits per heavy atom. The SMILES string of the molecule is COCc1cccc(OCCNc2ccc(F)cc2)c1. The molecule has 0 bridgehead atoms. The van der Waals surface area contributed by atoms with Crippen molar-refractivity contribution < 1.29 is 13.9 Å². The first-order valence-corrected chi connectivity index (χ1v) is 6.48. The fourth-order valence-corrected chi connectivity index (χ4v) is 1.82. The van der Waals surface area contributed by atoms with Crippen molar-refractivity contribution in [2.24, 2.45) is 0 Å². The van der Waals surface area contributed by atoms with Gasteiger partial charge in [-0.1, -0.05) is 12.1 Å². The van der Waals surface area contributed by atoms with Gasteiger partial charge in [0.15, 0.2) is 0 Å². The molecule has 20 heavy (non-hydrogen) atoms. The molecule has 0 aromatic heterocycles. The van der Waals surface area contributed by atoms with Crippen LogP contribution in [0.3, 0.4) is 0 Å². The van der Waals surface area contributed by atoms with Crippen molar-refractivity contribution in [2.45, 2.75) is 6.61 Å². The Morgan fingerprint density at radius 2 is 1.90 bits per heavy atom. The summed E-state index contributed by atoms with van der Waals surface area (Å²) in [6, 6.07) is 14.1. The Hall–Kier alpha value is -2.07. The number of methoxy groups -OCH3 is 1. The van der Waals surface area contributed by atoms with Gasteiger partial charge in [-0.25, -0.2) is 4.39 Å². The molecular formula is C16H18FNO2. The number of hydrogen-bond donors (Lipinski definition) is 1. The monoisotopic (exact) mass is 275 g/mol. The molecule has 2 aromatic rings. The first-order valence-electron chi connectivity index (χ1n) is 6.48. The molecule has 0 unspecified atom stereocenters. The lowest BCUT2D eigenvalue weighted by atomic mass is 10.2. The van der Waals surface area contributed by atoms with Crippen LogP contribution in [0.25, 0.3) is 0 Å². The Bertz CT molecular complexity index is 528. The molecule has 2 aromatic carbocycles. The molecule has 0 radical (unpaired) electrons. The maximum Gasteiger partial charge on any atom is 0.123 e. The lowest BCUT2D eigenvalue weighted by Gasteiger charge is -2.09. The van der Waals surface area contributed by atoms with Crippen LogP contribution in [0, 0.1) is 5.82 Å². The Balaban J connectivity index is 1.75. The van der Waals surface area contributed by atoms with Crippen LogP contribution in [0.15, 0.2) is 48.5 Å². The van der Waals surface area contributed by atoms with Gasteiger partial charge in [0.2, 0.25) is 0 Å². The lowest BCUT2D eigenvalue weighted by Crippen LogP contribution is -2.11. The normalized spacial score (nSPS) is 10.3. The molecule has 2 rings (SSSR count). The molecule has 0 heterocycles. The number of hydrogen-bond acceptors (Lipinski definition) is 3. The highest BCUT2D eigenvalue weighted by molar-refractivity contribution is 5.42. The van der Waals surface area contributed by atoms with E-state index >= 15 is 0 Å². The predicted octanol–water partition coefficient (Wildman–Crippen LogP) is 3.46. The van der Waals surface area contributed by atoms with Gasteiger partial charge in [0, 0.05) is 19.3 Å². The molecular weight excluding hydrogens is 257 g/mol. The predicted molar refractivity (Wildman–Crippen MR) is 77.5 cm³/mol. The van der Waals surface area contributed by atoms with E-state index in [-0.39, 0.29) is 5.82 Å². The quantitative estimate of drug-likeness (QED) is 0.785. The number of rotatable bonds is 7. The maximum absolute atomic E-state index is 12.7. The summed E-state index contributed by atoms with van der Waals surface area (Å²) in [4.78, 5) is 0. The minimum atomic E-state index is -0.234. The lowest BCUT2D eigenvalue weighted by molar-refractivity contribution is 0.184. The largest absolute Gasteiger partial charge is 0.492 e. The first kappa shape index (κ1) is 14.3. The fourth-order valence-electron chi connectivity index (χ4n) is 1.82. The highest BCUT2D eigenvalue weighted by atomic mass is 19.1. The smallest absolute Gasteiger partial charge is 0.123 e. The van der Waals surface area contributed by atoms with Crippen molar-refractivity contribution in [1.82, 2.24) is 0 Å². The van der Waals surface area contributed by atoms with Crippen LogP contribution < -0.4 is 10.1 Å². The maximum atomic E-state index is 12.7. The van der Waals surface area contributed by atoms with Crippen LogP contribution in [0.1, 0.15) is 5.56 Å². The molecule has 0 spiro atoms. The van der Waals surface area contributed by atoms with Crippen molar-refractivity contribution in [3.8, 4) is 5.75 Å². The molecule has 0 saturated carbocycles. The molecule has 0 fully saturated rings. The van der Waals surface area contributed by atoms with E-state index in [0.717, 1.165) is 17.0 Å². The molecule has 3 nitrogen and oxygen atoms in total. The second-order valence-electron chi connectivity index (χ2n) is 4.36. The van der Waals surface area contributed by atoms with Gasteiger partial charge >= 0.3 is 0 Å². The first-order chi connectivity index (χ1) is 9.78. The number of ether oxygens (including phenoxy) is 2. The van der Waals surface area contributed by atoms with Gasteiger partial charge in [-0.2, -0.15) is 0 Å². The van der Waals surface area contributed by atoms with Gasteiger partial charge < -0.3 is 14.8 Å². The number of benzene rings is 2. The molecule has 0 atom stereocenters. The van der Waals surface area contributed by atoms with Crippen LogP contribution in [0.4, 0.5) is 10.1 Å². The van der Waals surface area contributed by atoms with Crippen LogP contribution in [-0.2, 0) is 11.3 Å². The summed E-state index contributed by atoms with van der Waals surface area (Å²) in [6.07, 6.45) is 0. The Morgan fingerprint density at radius 1 is 1.10 bits per heavy atom. The topological polar surface area (TPSA) is 30.5 Å². The van der Waals surface area contributed by atoms with Gasteiger partial charge in [-0.3, -0.25) is 0 Å². The third-order valence-electron chi connectivity index (χ3n) is 2.75. The third kappa shape index (κ3) is 4.55. The Kier molecular flexibility index (Phi) is 5.38. The van der Waals surface area contributed by atoms with Gasteiger partial charge in [0.1, 0.15) is 18.2 Å². The number of anilines is 1. The molecule has 1 N–H and O–H groups in total. The van der Waals surface area contributed by atoms with E-state index in [1.807, 2.05) is 24.3 Å². The molecule has 0 aliphatic rings. The van der Waals surface area contributed by atoms with E-state index in [9.17, 15) is 4.39 Å². The van der Waals surface area contributed by atoms with Crippen LogP contribution in [0.2, 0.25) is 0 Å². The zero-order chi connectivity index (χ0) is 14.2. The summed E-state index contributed by atoms with van der Waals surface area (Å²) in [5, 5.41) is 3.17. The van der Waals surface area contributed by atoms with Crippen LogP contribution in [-0.4, -0.2) is 20.3 Å². The van der Waals surface area contributed by atoms with Crippen molar-refractivity contribution in [1.29, 1.82) is 0 Å². The van der Waals surface area contributed by atoms with Gasteiger partial charge in [-0.05, 0) is 42.0 Å². The van der Waals surface area contributed by atoms with Crippen molar-refractivity contribution in [2.75, 3.05) is 25.6 Å². The van der Waals surface area contributed by atoms with Crippen molar-refractivity contribution in [3.05, 3.63) is 59.9 Å². The van der Waals surface area contributed by atoms with E-state index in [4.69, 9.17) is 9.47 Å². The molecule has 0 saturated heterocycles.